The molecule has 0 bridgehead atoms. The van der Waals surface area contributed by atoms with Crippen molar-refractivity contribution in [3.8, 4) is 0 Å². The fourth-order valence-electron chi connectivity index (χ4n) is 2.70. The number of nitrogens with one attached hydrogen (secondary N) is 2. The predicted octanol–water partition coefficient (Wildman–Crippen LogP) is 3.56. The first-order chi connectivity index (χ1) is 12.1. The molecule has 2 unspecified atom stereocenters. The Morgan fingerprint density at radius 2 is 2.27 bits per heavy atom. The summed E-state index contributed by atoms with van der Waals surface area (Å²) >= 11 is 0. The van der Waals surface area contributed by atoms with Gasteiger partial charge in [-0.05, 0) is 50.8 Å². The highest BCUT2D eigenvalue weighted by atomic mass is 127. The van der Waals surface area contributed by atoms with Gasteiger partial charge in [-0.25, -0.2) is 4.39 Å². The van der Waals surface area contributed by atoms with Gasteiger partial charge in [-0.1, -0.05) is 12.1 Å². The van der Waals surface area contributed by atoms with E-state index >= 15 is 0 Å². The number of guanidine groups is 1. The minimum atomic E-state index is -0.185. The van der Waals surface area contributed by atoms with Gasteiger partial charge < -0.3 is 20.1 Å². The topological polar surface area (TPSA) is 54.9 Å². The minimum absolute atomic E-state index is 0. The number of benzene rings is 1. The quantitative estimate of drug-likeness (QED) is 0.259. The first-order valence-corrected chi connectivity index (χ1v) is 9.10. The fraction of sp³-hybridized carbons (Fsp3) is 0.632. The Balaban J connectivity index is 0.00000338. The molecular formula is C19H31FIN3O2. The fourth-order valence-corrected chi connectivity index (χ4v) is 2.70. The third kappa shape index (κ3) is 7.75. The highest BCUT2D eigenvalue weighted by Gasteiger charge is 2.15. The van der Waals surface area contributed by atoms with Gasteiger partial charge in [0, 0.05) is 13.2 Å². The molecule has 0 saturated carbocycles. The van der Waals surface area contributed by atoms with Crippen molar-refractivity contribution in [3.63, 3.8) is 0 Å². The number of aryl methyl sites for hydroxylation is 1. The van der Waals surface area contributed by atoms with E-state index in [1.54, 1.807) is 19.1 Å². The normalized spacial score (nSPS) is 18.3. The average Bonchev–Trinajstić information content (AvgIpc) is 3.10. The van der Waals surface area contributed by atoms with Crippen molar-refractivity contribution in [2.24, 2.45) is 4.99 Å². The van der Waals surface area contributed by atoms with Crippen molar-refractivity contribution >= 4 is 29.9 Å². The number of ether oxygens (including phenoxy) is 2. The molecule has 1 aromatic carbocycles. The van der Waals surface area contributed by atoms with Gasteiger partial charge in [-0.15, -0.1) is 24.0 Å². The van der Waals surface area contributed by atoms with Crippen molar-refractivity contribution < 1.29 is 13.9 Å². The third-order valence-corrected chi connectivity index (χ3v) is 4.23. The molecule has 1 aliphatic rings. The molecule has 0 aromatic heterocycles. The monoisotopic (exact) mass is 479 g/mol. The molecule has 0 radical (unpaired) electrons. The zero-order valence-corrected chi connectivity index (χ0v) is 18.2. The number of rotatable bonds is 8. The van der Waals surface area contributed by atoms with Crippen LogP contribution in [0.15, 0.2) is 23.2 Å². The second kappa shape index (κ2) is 12.5. The third-order valence-electron chi connectivity index (χ3n) is 4.23. The van der Waals surface area contributed by atoms with Crippen molar-refractivity contribution in [1.29, 1.82) is 0 Å². The van der Waals surface area contributed by atoms with E-state index in [1.807, 2.05) is 19.9 Å². The van der Waals surface area contributed by atoms with Crippen molar-refractivity contribution in [3.05, 3.63) is 35.1 Å². The van der Waals surface area contributed by atoms with Gasteiger partial charge in [-0.3, -0.25) is 4.99 Å². The molecular weight excluding hydrogens is 448 g/mol. The summed E-state index contributed by atoms with van der Waals surface area (Å²) in [6.07, 6.45) is 2.45. The van der Waals surface area contributed by atoms with Crippen LogP contribution in [-0.4, -0.2) is 45.0 Å². The molecule has 2 rings (SSSR count). The summed E-state index contributed by atoms with van der Waals surface area (Å²) in [5, 5.41) is 6.51. The van der Waals surface area contributed by atoms with Gasteiger partial charge >= 0.3 is 0 Å². The van der Waals surface area contributed by atoms with Crippen LogP contribution in [0.3, 0.4) is 0 Å². The molecule has 5 nitrogen and oxygen atoms in total. The first-order valence-electron chi connectivity index (χ1n) is 9.10. The van der Waals surface area contributed by atoms with E-state index in [-0.39, 0.29) is 41.9 Å². The summed E-state index contributed by atoms with van der Waals surface area (Å²) in [6, 6.07) is 5.26. The lowest BCUT2D eigenvalue weighted by atomic mass is 10.1. The van der Waals surface area contributed by atoms with Crippen LogP contribution in [0.1, 0.15) is 43.9 Å². The molecule has 1 aromatic rings. The van der Waals surface area contributed by atoms with E-state index in [0.717, 1.165) is 31.6 Å². The zero-order chi connectivity index (χ0) is 18.1. The smallest absolute Gasteiger partial charge is 0.191 e. The van der Waals surface area contributed by atoms with Gasteiger partial charge in [0.1, 0.15) is 5.82 Å². The molecule has 26 heavy (non-hydrogen) atoms. The lowest BCUT2D eigenvalue weighted by Crippen LogP contribution is -2.39. The van der Waals surface area contributed by atoms with E-state index < -0.39 is 0 Å². The van der Waals surface area contributed by atoms with Crippen molar-refractivity contribution in [2.75, 3.05) is 32.9 Å². The Labute approximate surface area is 173 Å². The Hall–Kier alpha value is -0.930. The maximum Gasteiger partial charge on any atom is 0.191 e. The predicted molar refractivity (Wildman–Crippen MR) is 114 cm³/mol. The number of halogens is 2. The number of hydrogen-bond donors (Lipinski definition) is 2. The summed E-state index contributed by atoms with van der Waals surface area (Å²) in [6.45, 7) is 9.14. The van der Waals surface area contributed by atoms with Crippen LogP contribution in [0.5, 0.6) is 0 Å². The lowest BCUT2D eigenvalue weighted by Gasteiger charge is -2.18. The highest BCUT2D eigenvalue weighted by molar-refractivity contribution is 14.0. The Kier molecular flexibility index (Phi) is 11.1. The average molecular weight is 479 g/mol. The van der Waals surface area contributed by atoms with Gasteiger partial charge in [0.2, 0.25) is 0 Å². The van der Waals surface area contributed by atoms with Gasteiger partial charge in [0.15, 0.2) is 5.96 Å². The largest absolute Gasteiger partial charge is 0.377 e. The standard InChI is InChI=1S/C19H30FN3O2.HI/c1-4-21-19(22-9-11-24-13-17-6-5-10-25-17)23-15(3)16-8-7-14(2)18(20)12-16;/h7-8,12,15,17H,4-6,9-11,13H2,1-3H3,(H2,21,22,23);1H. The maximum absolute atomic E-state index is 13.7. The van der Waals surface area contributed by atoms with Crippen molar-refractivity contribution in [2.45, 2.75) is 45.8 Å². The summed E-state index contributed by atoms with van der Waals surface area (Å²) in [5.74, 6) is 0.521. The number of aliphatic imine (C=N–C) groups is 1. The number of nitrogens with zero attached hydrogens (tertiary/aromatic N) is 1. The van der Waals surface area contributed by atoms with Crippen LogP contribution in [0, 0.1) is 12.7 Å². The molecule has 2 atom stereocenters. The van der Waals surface area contributed by atoms with Crippen LogP contribution >= 0.6 is 24.0 Å². The lowest BCUT2D eigenvalue weighted by molar-refractivity contribution is 0.0200. The molecule has 1 fully saturated rings. The molecule has 0 amide bonds. The molecule has 1 saturated heterocycles. The maximum atomic E-state index is 13.7. The van der Waals surface area contributed by atoms with E-state index in [0.29, 0.717) is 31.3 Å². The van der Waals surface area contributed by atoms with E-state index in [4.69, 9.17) is 9.47 Å². The summed E-state index contributed by atoms with van der Waals surface area (Å²) < 4.78 is 24.9. The van der Waals surface area contributed by atoms with E-state index in [9.17, 15) is 4.39 Å². The zero-order valence-electron chi connectivity index (χ0n) is 15.9. The first kappa shape index (κ1) is 23.1. The Morgan fingerprint density at radius 3 is 2.92 bits per heavy atom. The Morgan fingerprint density at radius 1 is 1.46 bits per heavy atom. The molecule has 1 aliphatic heterocycles. The van der Waals surface area contributed by atoms with E-state index in [1.165, 1.54) is 0 Å². The summed E-state index contributed by atoms with van der Waals surface area (Å²) in [4.78, 5) is 4.52. The second-order valence-corrected chi connectivity index (χ2v) is 6.35. The molecule has 2 N–H and O–H groups in total. The van der Waals surface area contributed by atoms with Crippen LogP contribution in [0.4, 0.5) is 4.39 Å². The van der Waals surface area contributed by atoms with Crippen molar-refractivity contribution in [1.82, 2.24) is 10.6 Å². The molecule has 0 aliphatic carbocycles. The molecule has 1 heterocycles. The highest BCUT2D eigenvalue weighted by Crippen LogP contribution is 2.16. The van der Waals surface area contributed by atoms with Crippen LogP contribution in [-0.2, 0) is 9.47 Å². The molecule has 7 heteroatoms. The van der Waals surface area contributed by atoms with Crippen LogP contribution < -0.4 is 10.6 Å². The van der Waals surface area contributed by atoms with Crippen LogP contribution in [0.2, 0.25) is 0 Å². The second-order valence-electron chi connectivity index (χ2n) is 6.35. The summed E-state index contributed by atoms with van der Waals surface area (Å²) in [5.41, 5.74) is 1.54. The minimum Gasteiger partial charge on any atom is -0.377 e. The van der Waals surface area contributed by atoms with E-state index in [2.05, 4.69) is 15.6 Å². The SMILES string of the molecule is CCNC(=NCCOCC1CCCO1)NC(C)c1ccc(C)c(F)c1.I. The summed E-state index contributed by atoms with van der Waals surface area (Å²) in [7, 11) is 0. The number of hydrogen-bond acceptors (Lipinski definition) is 3. The Bertz CT molecular complexity index is 566. The van der Waals surface area contributed by atoms with Gasteiger partial charge in [-0.2, -0.15) is 0 Å². The molecule has 148 valence electrons. The molecule has 0 spiro atoms. The van der Waals surface area contributed by atoms with Crippen LogP contribution in [0.25, 0.3) is 0 Å². The van der Waals surface area contributed by atoms with Gasteiger partial charge in [0.05, 0.1) is 31.9 Å². The van der Waals surface area contributed by atoms with Gasteiger partial charge in [0.25, 0.3) is 0 Å².